The average Bonchev–Trinajstić information content (AvgIpc) is 3.29. The Hall–Kier alpha value is -2.09. The SMILES string of the molecule is O=C(Nc1cccc(N2CCCC2)c1)C1CCCN(S(=O)(=O)c2ccc(Cl)cc2)C1. The zero-order valence-electron chi connectivity index (χ0n) is 16.8. The number of rotatable bonds is 5. The number of piperidine rings is 1. The highest BCUT2D eigenvalue weighted by atomic mass is 35.5. The van der Waals surface area contributed by atoms with Crippen molar-refractivity contribution < 1.29 is 13.2 Å². The molecule has 2 aromatic rings. The molecule has 6 nitrogen and oxygen atoms in total. The zero-order chi connectivity index (χ0) is 21.1. The summed E-state index contributed by atoms with van der Waals surface area (Å²) < 4.78 is 27.3. The van der Waals surface area contributed by atoms with Gasteiger partial charge in [0.25, 0.3) is 0 Å². The third-order valence-electron chi connectivity index (χ3n) is 5.79. The van der Waals surface area contributed by atoms with E-state index in [1.807, 2.05) is 18.2 Å². The molecule has 1 amide bonds. The maximum Gasteiger partial charge on any atom is 0.243 e. The fraction of sp³-hybridized carbons (Fsp3) is 0.409. The Labute approximate surface area is 182 Å². The summed E-state index contributed by atoms with van der Waals surface area (Å²) in [6.45, 7) is 2.68. The van der Waals surface area contributed by atoms with Crippen molar-refractivity contribution in [2.75, 3.05) is 36.4 Å². The molecule has 1 atom stereocenters. The smallest absolute Gasteiger partial charge is 0.243 e. The molecule has 4 rings (SSSR count). The molecule has 2 fully saturated rings. The average molecular weight is 448 g/mol. The summed E-state index contributed by atoms with van der Waals surface area (Å²) in [5.41, 5.74) is 1.86. The van der Waals surface area contributed by atoms with Crippen LogP contribution in [0.25, 0.3) is 0 Å². The first-order valence-corrected chi connectivity index (χ1v) is 12.2. The minimum Gasteiger partial charge on any atom is -0.371 e. The Kier molecular flexibility index (Phi) is 6.32. The van der Waals surface area contributed by atoms with E-state index in [2.05, 4.69) is 16.3 Å². The molecule has 0 bridgehead atoms. The highest BCUT2D eigenvalue weighted by Gasteiger charge is 2.33. The van der Waals surface area contributed by atoms with Crippen LogP contribution in [0.15, 0.2) is 53.4 Å². The van der Waals surface area contributed by atoms with Gasteiger partial charge in [-0.1, -0.05) is 17.7 Å². The molecule has 8 heteroatoms. The first-order chi connectivity index (χ1) is 14.4. The second-order valence-electron chi connectivity index (χ2n) is 7.89. The molecule has 0 aliphatic carbocycles. The molecule has 160 valence electrons. The van der Waals surface area contributed by atoms with Gasteiger partial charge < -0.3 is 10.2 Å². The number of hydrogen-bond acceptors (Lipinski definition) is 4. The van der Waals surface area contributed by atoms with Crippen LogP contribution in [0.1, 0.15) is 25.7 Å². The molecule has 2 aliphatic heterocycles. The standard InChI is InChI=1S/C22H26ClN3O3S/c23-18-8-10-21(11-9-18)30(28,29)26-14-4-5-17(16-26)22(27)24-19-6-3-7-20(15-19)25-12-1-2-13-25/h3,6-11,15,17H,1-2,4-5,12-14,16H2,(H,24,27). The first kappa shape index (κ1) is 21.2. The van der Waals surface area contributed by atoms with E-state index in [1.54, 1.807) is 12.1 Å². The highest BCUT2D eigenvalue weighted by Crippen LogP contribution is 2.27. The first-order valence-electron chi connectivity index (χ1n) is 10.3. The number of nitrogens with zero attached hydrogens (tertiary/aromatic N) is 2. The summed E-state index contributed by atoms with van der Waals surface area (Å²) in [6.07, 6.45) is 3.70. The summed E-state index contributed by atoms with van der Waals surface area (Å²) in [4.78, 5) is 15.4. The Morgan fingerprint density at radius 2 is 1.73 bits per heavy atom. The maximum atomic E-state index is 13.0. The van der Waals surface area contributed by atoms with Crippen LogP contribution in [-0.4, -0.2) is 44.8 Å². The van der Waals surface area contributed by atoms with Crippen LogP contribution in [0, 0.1) is 5.92 Å². The van der Waals surface area contributed by atoms with Crippen molar-refractivity contribution in [3.63, 3.8) is 0 Å². The van der Waals surface area contributed by atoms with Gasteiger partial charge in [0.2, 0.25) is 15.9 Å². The molecule has 0 saturated carbocycles. The number of anilines is 2. The molecular formula is C22H26ClN3O3S. The van der Waals surface area contributed by atoms with Crippen LogP contribution in [0.3, 0.4) is 0 Å². The lowest BCUT2D eigenvalue weighted by Crippen LogP contribution is -2.43. The minimum absolute atomic E-state index is 0.135. The Balaban J connectivity index is 1.43. The van der Waals surface area contributed by atoms with Crippen LogP contribution >= 0.6 is 11.6 Å². The number of nitrogens with one attached hydrogen (secondary N) is 1. The van der Waals surface area contributed by atoms with Crippen molar-refractivity contribution in [2.45, 2.75) is 30.6 Å². The fourth-order valence-electron chi connectivity index (χ4n) is 4.13. The lowest BCUT2D eigenvalue weighted by atomic mass is 9.98. The third kappa shape index (κ3) is 4.63. The summed E-state index contributed by atoms with van der Waals surface area (Å²) in [6, 6.07) is 14.0. The molecule has 30 heavy (non-hydrogen) atoms. The van der Waals surface area contributed by atoms with Crippen molar-refractivity contribution in [1.82, 2.24) is 4.31 Å². The number of carbonyl (C=O) groups is 1. The Morgan fingerprint density at radius 1 is 1.00 bits per heavy atom. The van der Waals surface area contributed by atoms with Crippen molar-refractivity contribution in [1.29, 1.82) is 0 Å². The van der Waals surface area contributed by atoms with Crippen molar-refractivity contribution >= 4 is 38.9 Å². The van der Waals surface area contributed by atoms with Crippen LogP contribution in [0.2, 0.25) is 5.02 Å². The molecular weight excluding hydrogens is 422 g/mol. The fourth-order valence-corrected chi connectivity index (χ4v) is 5.78. The van der Waals surface area contributed by atoms with E-state index in [0.717, 1.165) is 24.5 Å². The number of halogens is 1. The van der Waals surface area contributed by atoms with Gasteiger partial charge in [0, 0.05) is 42.6 Å². The van der Waals surface area contributed by atoms with Gasteiger partial charge in [-0.25, -0.2) is 8.42 Å². The lowest BCUT2D eigenvalue weighted by Gasteiger charge is -2.31. The van der Waals surface area contributed by atoms with E-state index in [-0.39, 0.29) is 23.3 Å². The van der Waals surface area contributed by atoms with E-state index in [0.29, 0.717) is 24.4 Å². The summed E-state index contributed by atoms with van der Waals surface area (Å²) >= 11 is 5.88. The van der Waals surface area contributed by atoms with Gasteiger partial charge in [-0.3, -0.25) is 4.79 Å². The second-order valence-corrected chi connectivity index (χ2v) is 10.3. The molecule has 2 aliphatic rings. The van der Waals surface area contributed by atoms with Gasteiger partial charge in [-0.15, -0.1) is 0 Å². The predicted octanol–water partition coefficient (Wildman–Crippen LogP) is 3.98. The van der Waals surface area contributed by atoms with Crippen molar-refractivity contribution in [3.05, 3.63) is 53.6 Å². The number of sulfonamides is 1. The molecule has 2 heterocycles. The topological polar surface area (TPSA) is 69.7 Å². The molecule has 1 unspecified atom stereocenters. The molecule has 0 spiro atoms. The second kappa shape index (κ2) is 8.96. The summed E-state index contributed by atoms with van der Waals surface area (Å²) in [5.74, 6) is -0.513. The van der Waals surface area contributed by atoms with E-state index in [9.17, 15) is 13.2 Å². The largest absolute Gasteiger partial charge is 0.371 e. The molecule has 2 saturated heterocycles. The van der Waals surface area contributed by atoms with Gasteiger partial charge in [-0.05, 0) is 68.1 Å². The van der Waals surface area contributed by atoms with E-state index >= 15 is 0 Å². The monoisotopic (exact) mass is 447 g/mol. The van der Waals surface area contributed by atoms with Crippen molar-refractivity contribution in [2.24, 2.45) is 5.92 Å². The number of benzene rings is 2. The number of hydrogen-bond donors (Lipinski definition) is 1. The van der Waals surface area contributed by atoms with Gasteiger partial charge >= 0.3 is 0 Å². The molecule has 0 aromatic heterocycles. The van der Waals surface area contributed by atoms with Crippen LogP contribution < -0.4 is 10.2 Å². The van der Waals surface area contributed by atoms with E-state index in [4.69, 9.17) is 11.6 Å². The zero-order valence-corrected chi connectivity index (χ0v) is 18.3. The molecule has 2 aromatic carbocycles. The van der Waals surface area contributed by atoms with Gasteiger partial charge in [0.05, 0.1) is 10.8 Å². The van der Waals surface area contributed by atoms with E-state index < -0.39 is 10.0 Å². The highest BCUT2D eigenvalue weighted by molar-refractivity contribution is 7.89. The third-order valence-corrected chi connectivity index (χ3v) is 7.92. The van der Waals surface area contributed by atoms with Gasteiger partial charge in [-0.2, -0.15) is 4.31 Å². The quantitative estimate of drug-likeness (QED) is 0.752. The number of amides is 1. The normalized spacial score (nSPS) is 20.3. The van der Waals surface area contributed by atoms with Crippen LogP contribution in [-0.2, 0) is 14.8 Å². The predicted molar refractivity (Wildman–Crippen MR) is 119 cm³/mol. The van der Waals surface area contributed by atoms with E-state index in [1.165, 1.54) is 29.3 Å². The Bertz CT molecular complexity index is 1000. The molecule has 0 radical (unpaired) electrons. The van der Waals surface area contributed by atoms with Crippen LogP contribution in [0.4, 0.5) is 11.4 Å². The van der Waals surface area contributed by atoms with Crippen molar-refractivity contribution in [3.8, 4) is 0 Å². The maximum absolute atomic E-state index is 13.0. The Morgan fingerprint density at radius 3 is 2.47 bits per heavy atom. The lowest BCUT2D eigenvalue weighted by molar-refractivity contribution is -0.120. The minimum atomic E-state index is -3.65. The summed E-state index contributed by atoms with van der Waals surface area (Å²) in [7, 11) is -3.65. The number of carbonyl (C=O) groups excluding carboxylic acids is 1. The van der Waals surface area contributed by atoms with Gasteiger partial charge in [0.15, 0.2) is 0 Å². The van der Waals surface area contributed by atoms with Gasteiger partial charge in [0.1, 0.15) is 0 Å². The van der Waals surface area contributed by atoms with Crippen LogP contribution in [0.5, 0.6) is 0 Å². The molecule has 1 N–H and O–H groups in total. The summed E-state index contributed by atoms with van der Waals surface area (Å²) in [5, 5.41) is 3.48.